The second-order valence-electron chi connectivity index (χ2n) is 16.5. The summed E-state index contributed by atoms with van der Waals surface area (Å²) in [5.74, 6) is -3.86. The molecule has 0 amide bonds. The van der Waals surface area contributed by atoms with Gasteiger partial charge in [0.1, 0.15) is 0 Å². The minimum Gasteiger partial charge on any atom is -0.550 e. The van der Waals surface area contributed by atoms with E-state index in [1.807, 2.05) is 60.7 Å². The van der Waals surface area contributed by atoms with E-state index in [0.717, 1.165) is 88.2 Å². The van der Waals surface area contributed by atoms with Crippen LogP contribution in [0.2, 0.25) is 0 Å². The maximum Gasteiger partial charge on any atom is 2.00 e. The molecule has 2 unspecified atom stereocenters. The number of carboxylic acids is 2. The number of carbonyl (C=O) groups is 2. The summed E-state index contributed by atoms with van der Waals surface area (Å²) in [5.41, 5.74) is 2.20. The predicted molar refractivity (Wildman–Crippen MR) is 238 cm³/mol. The first kappa shape index (κ1) is 57.8. The van der Waals surface area contributed by atoms with Crippen molar-refractivity contribution >= 4 is 60.8 Å². The summed E-state index contributed by atoms with van der Waals surface area (Å²) in [6.45, 7) is 5.09. The van der Waals surface area contributed by atoms with Crippen LogP contribution in [0.1, 0.15) is 218 Å². The van der Waals surface area contributed by atoms with Crippen LogP contribution >= 0.6 is 0 Å². The third-order valence-electron chi connectivity index (χ3n) is 10.9. The smallest absolute Gasteiger partial charge is 0.550 e. The van der Waals surface area contributed by atoms with Gasteiger partial charge in [-0.05, 0) is 49.7 Å². The predicted octanol–water partition coefficient (Wildman–Crippen LogP) is 10.6. The molecular formula is C50H82BaO8. The molecule has 0 aliphatic rings. The van der Waals surface area contributed by atoms with Crippen LogP contribution in [-0.2, 0) is 32.3 Å². The first-order chi connectivity index (χ1) is 28.1. The van der Waals surface area contributed by atoms with Gasteiger partial charge in [-0.25, -0.2) is 0 Å². The van der Waals surface area contributed by atoms with Gasteiger partial charge in [-0.3, -0.25) is 0 Å². The molecule has 0 spiro atoms. The van der Waals surface area contributed by atoms with E-state index in [4.69, 9.17) is 9.47 Å². The number of hydrogen-bond donors (Lipinski definition) is 2. The molecule has 59 heavy (non-hydrogen) atoms. The third-order valence-corrected chi connectivity index (χ3v) is 10.9. The molecule has 0 heterocycles. The molecule has 0 radical (unpaired) electrons. The number of carboxylic acid groups (broad SMARTS) is 2. The van der Waals surface area contributed by atoms with E-state index in [1.165, 1.54) is 77.0 Å². The monoisotopic (exact) mass is 949 g/mol. The first-order valence-electron chi connectivity index (χ1n) is 23.3. The van der Waals surface area contributed by atoms with E-state index >= 15 is 0 Å². The van der Waals surface area contributed by atoms with Crippen LogP contribution in [0.3, 0.4) is 0 Å². The van der Waals surface area contributed by atoms with Crippen LogP contribution in [0.15, 0.2) is 60.7 Å². The minimum atomic E-state index is -0.999. The van der Waals surface area contributed by atoms with Gasteiger partial charge in [0.2, 0.25) is 0 Å². The van der Waals surface area contributed by atoms with Gasteiger partial charge >= 0.3 is 48.9 Å². The fraction of sp³-hybridized carbons (Fsp3) is 0.720. The number of hydrogen-bond acceptors (Lipinski definition) is 8. The van der Waals surface area contributed by atoms with Crippen LogP contribution in [0, 0.1) is 0 Å². The van der Waals surface area contributed by atoms with Crippen LogP contribution in [0.5, 0.6) is 0 Å². The summed E-state index contributed by atoms with van der Waals surface area (Å²) in [5, 5.41) is 42.3. The van der Waals surface area contributed by atoms with Crippen molar-refractivity contribution in [2.45, 2.75) is 231 Å². The van der Waals surface area contributed by atoms with Crippen molar-refractivity contribution in [3.8, 4) is 0 Å². The molecule has 0 fully saturated rings. The van der Waals surface area contributed by atoms with Crippen LogP contribution in [0.25, 0.3) is 0 Å². The quantitative estimate of drug-likeness (QED) is 0.0385. The molecule has 0 aliphatic heterocycles. The third kappa shape index (κ3) is 36.0. The number of unbranched alkanes of at least 4 members (excludes halogenated alkanes) is 20. The van der Waals surface area contributed by atoms with Crippen molar-refractivity contribution in [3.05, 3.63) is 71.8 Å². The largest absolute Gasteiger partial charge is 2.00 e. The Balaban J connectivity index is 0.00000112. The zero-order valence-electron chi connectivity index (χ0n) is 37.5. The number of benzene rings is 2. The standard InChI is InChI=1S/2C25H42O4.Ba/c2*1-2-20-25(28,29-22-23-17-13-12-14-18-23)21-16-11-9-7-5-3-4-6-8-10-15-19-24(26)27;/h2*12-14,17-18,28H,2-11,15-16,19-22H2,1H3,(H,26,27);/q;;+2/p-2. The summed E-state index contributed by atoms with van der Waals surface area (Å²) in [4.78, 5) is 20.7. The second-order valence-corrected chi connectivity index (χ2v) is 16.5. The van der Waals surface area contributed by atoms with Gasteiger partial charge < -0.3 is 39.5 Å². The van der Waals surface area contributed by atoms with E-state index in [9.17, 15) is 30.0 Å². The normalized spacial score (nSPS) is 13.1. The van der Waals surface area contributed by atoms with Crippen molar-refractivity contribution in [2.75, 3.05) is 0 Å². The molecule has 8 nitrogen and oxygen atoms in total. The Labute approximate surface area is 400 Å². The van der Waals surface area contributed by atoms with Gasteiger partial charge in [0.15, 0.2) is 11.6 Å². The molecule has 0 aliphatic carbocycles. The molecule has 0 saturated heterocycles. The van der Waals surface area contributed by atoms with Crippen LogP contribution in [0.4, 0.5) is 0 Å². The average Bonchev–Trinajstić information content (AvgIpc) is 3.21. The Kier molecular flexibility index (Phi) is 38.8. The zero-order valence-corrected chi connectivity index (χ0v) is 41.9. The summed E-state index contributed by atoms with van der Waals surface area (Å²) in [6, 6.07) is 20.1. The molecule has 2 aromatic carbocycles. The fourth-order valence-corrected chi connectivity index (χ4v) is 7.43. The van der Waals surface area contributed by atoms with E-state index in [2.05, 4.69) is 13.8 Å². The van der Waals surface area contributed by atoms with Crippen LogP contribution < -0.4 is 10.2 Å². The van der Waals surface area contributed by atoms with Gasteiger partial charge in [-0.2, -0.15) is 0 Å². The van der Waals surface area contributed by atoms with E-state index in [-0.39, 0.29) is 61.7 Å². The molecule has 2 rings (SSSR count). The van der Waals surface area contributed by atoms with Gasteiger partial charge in [0.05, 0.1) is 13.2 Å². The minimum absolute atomic E-state index is 0. The first-order valence-corrected chi connectivity index (χ1v) is 23.3. The van der Waals surface area contributed by atoms with E-state index < -0.39 is 23.5 Å². The second kappa shape index (κ2) is 39.6. The van der Waals surface area contributed by atoms with Gasteiger partial charge in [0, 0.05) is 37.6 Å². The number of aliphatic carboxylic acids is 2. The summed E-state index contributed by atoms with van der Waals surface area (Å²) < 4.78 is 11.8. The van der Waals surface area contributed by atoms with Crippen molar-refractivity contribution in [3.63, 3.8) is 0 Å². The molecule has 2 atom stereocenters. The number of rotatable bonds is 38. The van der Waals surface area contributed by atoms with Gasteiger partial charge in [-0.1, -0.05) is 203 Å². The van der Waals surface area contributed by atoms with Gasteiger partial charge in [0.25, 0.3) is 0 Å². The molecule has 0 aromatic heterocycles. The van der Waals surface area contributed by atoms with Crippen LogP contribution in [-0.4, -0.2) is 82.6 Å². The van der Waals surface area contributed by atoms with Crippen molar-refractivity contribution in [1.29, 1.82) is 0 Å². The number of aliphatic hydroxyl groups is 2. The summed E-state index contributed by atoms with van der Waals surface area (Å²) in [6.07, 6.45) is 30.0. The zero-order chi connectivity index (χ0) is 42.4. The fourth-order valence-electron chi connectivity index (χ4n) is 7.43. The molecule has 332 valence electrons. The van der Waals surface area contributed by atoms with E-state index in [1.54, 1.807) is 0 Å². The van der Waals surface area contributed by atoms with Crippen molar-refractivity contribution < 1.29 is 39.5 Å². The Morgan fingerprint density at radius 2 is 0.695 bits per heavy atom. The number of ether oxygens (including phenoxy) is 2. The Bertz CT molecular complexity index is 1140. The topological polar surface area (TPSA) is 139 Å². The molecule has 0 bridgehead atoms. The molecule has 2 N–H and O–H groups in total. The Morgan fingerprint density at radius 1 is 0.441 bits per heavy atom. The maximum absolute atomic E-state index is 10.8. The molecule has 0 saturated carbocycles. The van der Waals surface area contributed by atoms with Gasteiger partial charge in [-0.15, -0.1) is 0 Å². The molecule has 2 aromatic rings. The molecule has 9 heteroatoms. The van der Waals surface area contributed by atoms with Crippen molar-refractivity contribution in [1.82, 2.24) is 0 Å². The summed E-state index contributed by atoms with van der Waals surface area (Å²) in [7, 11) is 0. The van der Waals surface area contributed by atoms with E-state index in [0.29, 0.717) is 38.9 Å². The Hall–Kier alpha value is -1.21. The maximum atomic E-state index is 10.8. The summed E-state index contributed by atoms with van der Waals surface area (Å²) >= 11 is 0. The SMILES string of the molecule is CCCC(O)(CCCCCCCCCCCCCC(=O)[O-])OCc1ccccc1.CCCC(O)(CCCCCCCCCCCCCC(=O)[O-])OCc1ccccc1.[Ba+2]. The van der Waals surface area contributed by atoms with Crippen molar-refractivity contribution in [2.24, 2.45) is 0 Å². The molecular weight excluding hydrogens is 866 g/mol. The average molecular weight is 949 g/mol. The number of carbonyl (C=O) groups excluding carboxylic acids is 2. The Morgan fingerprint density at radius 3 is 0.949 bits per heavy atom.